The zero-order valence-corrected chi connectivity index (χ0v) is 67.2. The smallest absolute Gasteiger partial charge is 0.429 e. The molecule has 108 heavy (non-hydrogen) atoms. The predicted molar refractivity (Wildman–Crippen MR) is 391 cm³/mol. The van der Waals surface area contributed by atoms with Gasteiger partial charge in [0.25, 0.3) is 0 Å². The van der Waals surface area contributed by atoms with Gasteiger partial charge in [-0.3, -0.25) is 18.9 Å². The molecule has 11 unspecified atom stereocenters. The second-order valence-electron chi connectivity index (χ2n) is 25.0. The standard InChI is InChI=1S/C61H109N3O36P4S4/c1-41(68)62-48-54(74)51(71)45(33-65)97-57(48)86-23-7-10-26-90-101(78,105)93-29-13-19-82-37-61(40-85-22-16-32-96-104(81,108)100-60(77)89-36-44-17-5-4-6-18-44,38-83-20-14-30-94-102(79,106)91-27-11-8-24-87-58-49(63-42(2)69)55(75)52(72)46(34-66)98-58)39-84-21-15-31-95-103(80,107)92-28-12-9-25-88-59-50(64-43(3)70)56(76)53(73)47(35-67)99-59/h4-6,17-18,45-59,65-67,71-76H,7-16,19-40H2,1-3H3,(H,62,68)(H,63,69)(H,64,70)(H,78,105)(H,79,106)(H,80,107)(H,81,108)/t45?,46?,47?,48?,49?,50?,51-,52-,53+,54-,55-,56-,57-,58-,59-,61?,101?,102?,103?,104?/m1/s1. The molecule has 1 aromatic carbocycles. The molecule has 1 aromatic rings. The number of ether oxygens (including phenoxy) is 11. The number of nitrogens with one attached hydrogen (secondary N) is 3. The van der Waals surface area contributed by atoms with Gasteiger partial charge in [-0.15, -0.1) is 0 Å². The van der Waals surface area contributed by atoms with E-state index in [1.54, 1.807) is 30.3 Å². The fourth-order valence-corrected chi connectivity index (χ4v) is 15.2. The van der Waals surface area contributed by atoms with E-state index in [0.717, 1.165) is 0 Å². The molecule has 0 aromatic heterocycles. The van der Waals surface area contributed by atoms with Gasteiger partial charge >= 0.3 is 33.1 Å². The summed E-state index contributed by atoms with van der Waals surface area (Å²) in [5.74, 6) is -1.55. The third kappa shape index (κ3) is 39.3. The minimum absolute atomic E-state index is 0.00748. The first-order valence-electron chi connectivity index (χ1n) is 34.8. The molecular formula is C61H109N3O36P4S4. The molecule has 3 aliphatic rings. The first-order valence-corrected chi connectivity index (χ1v) is 45.3. The molecule has 0 spiro atoms. The Morgan fingerprint density at radius 1 is 0.435 bits per heavy atom. The van der Waals surface area contributed by atoms with Crippen molar-refractivity contribution in [1.82, 2.24) is 16.0 Å². The summed E-state index contributed by atoms with van der Waals surface area (Å²) in [5, 5.41) is 98.8. The Bertz CT molecular complexity index is 2700. The van der Waals surface area contributed by atoms with Gasteiger partial charge in [-0.1, -0.05) is 42.6 Å². The number of rotatable bonds is 58. The van der Waals surface area contributed by atoms with Gasteiger partial charge in [-0.25, -0.2) is 9.36 Å². The highest BCUT2D eigenvalue weighted by Gasteiger charge is 2.48. The highest BCUT2D eigenvalue weighted by molar-refractivity contribution is 8.44. The van der Waals surface area contributed by atoms with Gasteiger partial charge < -0.3 is 160 Å². The summed E-state index contributed by atoms with van der Waals surface area (Å²) in [6, 6.07) is 5.31. The lowest BCUT2D eigenvalue weighted by molar-refractivity contribution is -0.270. The molecule has 3 aliphatic heterocycles. The Labute approximate surface area is 647 Å². The van der Waals surface area contributed by atoms with E-state index in [1.807, 2.05) is 0 Å². The van der Waals surface area contributed by atoms with Crippen LogP contribution >= 0.6 is 39.2 Å². The summed E-state index contributed by atoms with van der Waals surface area (Å²) in [4.78, 5) is 80.1. The molecule has 0 bridgehead atoms. The van der Waals surface area contributed by atoms with Crippen LogP contribution in [-0.4, -0.2) is 315 Å². The minimum atomic E-state index is -4.12. The van der Waals surface area contributed by atoms with E-state index in [4.69, 9.17) is 124 Å². The largest absolute Gasteiger partial charge is 0.515 e. The maximum Gasteiger partial charge on any atom is 0.515 e. The molecule has 0 saturated carbocycles. The zero-order chi connectivity index (χ0) is 79.8. The van der Waals surface area contributed by atoms with E-state index < -0.39 is 168 Å². The van der Waals surface area contributed by atoms with Crippen LogP contribution in [0.2, 0.25) is 0 Å². The summed E-state index contributed by atoms with van der Waals surface area (Å²) in [7, 11) is 0. The molecule has 628 valence electrons. The first kappa shape index (κ1) is 98.6. The van der Waals surface area contributed by atoms with Gasteiger partial charge in [0.2, 0.25) is 17.7 Å². The lowest BCUT2D eigenvalue weighted by atomic mass is 9.92. The lowest BCUT2D eigenvalue weighted by Gasteiger charge is -2.42. The number of thiol groups is 1. The monoisotopic (exact) mass is 1710 g/mol. The third-order valence-electron chi connectivity index (χ3n) is 15.8. The SMILES string of the molecule is CC(=O)NC1[C@H](OCCCCOP(=O)(S)OCCCOCC(COCCCOP(O)(=S)OCCCCO[C@@H]2OC(CO)[C@@H](O)[C@H](O)C2NC(C)=O)(COCCCOP(O)(=S)OCCCCO[C@@H]2OC(CO)[C@H](O)[C@H](O)C2NC(C)=O)COCCCOP(O)(=S)OC(=O)OCc2ccccc2)OC(CO)[C@@H](O)[C@@H]1O. The van der Waals surface area contributed by atoms with Crippen LogP contribution in [0.25, 0.3) is 0 Å². The normalized spacial score (nSPS) is 27.4. The average molecular weight is 1710 g/mol. The summed E-state index contributed by atoms with van der Waals surface area (Å²) < 4.78 is 120. The number of benzene rings is 1. The van der Waals surface area contributed by atoms with E-state index in [-0.39, 0.29) is 158 Å². The minimum Gasteiger partial charge on any atom is -0.429 e. The van der Waals surface area contributed by atoms with Crippen molar-refractivity contribution in [3.63, 3.8) is 0 Å². The molecule has 47 heteroatoms. The third-order valence-corrected chi connectivity index (χ3v) is 22.2. The summed E-state index contributed by atoms with van der Waals surface area (Å²) in [6.07, 6.45) is -14.8. The molecule has 0 aliphatic carbocycles. The summed E-state index contributed by atoms with van der Waals surface area (Å²) >= 11 is 19.6. The number of aliphatic hydroxyl groups is 9. The second-order valence-corrected chi connectivity index (χ2v) is 36.3. The van der Waals surface area contributed by atoms with Crippen molar-refractivity contribution in [2.45, 2.75) is 184 Å². The van der Waals surface area contributed by atoms with Crippen molar-refractivity contribution in [2.24, 2.45) is 5.41 Å². The highest BCUT2D eigenvalue weighted by Crippen LogP contribution is 2.53. The summed E-state index contributed by atoms with van der Waals surface area (Å²) in [6.45, 7) is -15.1. The Morgan fingerprint density at radius 2 is 0.722 bits per heavy atom. The molecule has 15 N–H and O–H groups in total. The second kappa shape index (κ2) is 52.8. The zero-order valence-electron chi connectivity index (χ0n) is 60.3. The number of unbranched alkanes of at least 4 members (excludes halogenated alkanes) is 3. The molecule has 0 radical (unpaired) electrons. The molecule has 39 nitrogen and oxygen atoms in total. The number of hydrogen-bond acceptors (Lipinski definition) is 36. The van der Waals surface area contributed by atoms with Crippen LogP contribution in [0.4, 0.5) is 4.79 Å². The van der Waals surface area contributed by atoms with Crippen molar-refractivity contribution in [3.05, 3.63) is 35.9 Å². The van der Waals surface area contributed by atoms with Gasteiger partial charge in [-0.2, -0.15) is 0 Å². The maximum atomic E-state index is 13.2. The van der Waals surface area contributed by atoms with E-state index >= 15 is 0 Å². The van der Waals surface area contributed by atoms with Crippen LogP contribution in [0, 0.1) is 5.41 Å². The molecule has 3 fully saturated rings. The van der Waals surface area contributed by atoms with Crippen LogP contribution in [-0.2, 0) is 149 Å². The highest BCUT2D eigenvalue weighted by atomic mass is 32.7. The molecule has 20 atom stereocenters. The molecule has 3 amide bonds. The van der Waals surface area contributed by atoms with Crippen molar-refractivity contribution in [2.75, 3.05) is 139 Å². The number of carbonyl (C=O) groups is 4. The first-order chi connectivity index (χ1) is 51.3. The lowest BCUT2D eigenvalue weighted by Crippen LogP contribution is -2.64. The van der Waals surface area contributed by atoms with Crippen LogP contribution in [0.1, 0.15) is 90.5 Å². The number of hydrogen-bond donors (Lipinski definition) is 16. The van der Waals surface area contributed by atoms with Crippen LogP contribution in [0.5, 0.6) is 0 Å². The number of amides is 3. The van der Waals surface area contributed by atoms with Gasteiger partial charge in [0.15, 0.2) is 18.9 Å². The van der Waals surface area contributed by atoms with Crippen molar-refractivity contribution < 1.29 is 173 Å². The topological polar surface area (TPSA) is 540 Å². The van der Waals surface area contributed by atoms with E-state index in [0.29, 0.717) is 37.7 Å². The molecule has 3 heterocycles. The van der Waals surface area contributed by atoms with Gasteiger partial charge in [0.05, 0.1) is 97.9 Å². The maximum absolute atomic E-state index is 13.2. The molecule has 3 saturated heterocycles. The van der Waals surface area contributed by atoms with Gasteiger partial charge in [0.1, 0.15) is 79.7 Å². The quantitative estimate of drug-likeness (QED) is 0.0176. The number of carbonyl (C=O) groups excluding carboxylic acids is 4. The fraction of sp³-hybridized carbons (Fsp3) is 0.836. The molecule has 4 rings (SSSR count). The van der Waals surface area contributed by atoms with Gasteiger partial charge in [-0.05, 0) is 93.4 Å². The number of aliphatic hydroxyl groups excluding tert-OH is 9. The Balaban J connectivity index is 1.35. The Kier molecular flexibility index (Phi) is 48.2. The van der Waals surface area contributed by atoms with Gasteiger partial charge in [0, 0.05) is 78.8 Å². The van der Waals surface area contributed by atoms with Crippen LogP contribution in [0.15, 0.2) is 30.3 Å². The average Bonchev–Trinajstić information content (AvgIpc) is 0.818. The van der Waals surface area contributed by atoms with E-state index in [9.17, 15) is 84.4 Å². The van der Waals surface area contributed by atoms with E-state index in [1.165, 1.54) is 20.8 Å². The van der Waals surface area contributed by atoms with Crippen molar-refractivity contribution in [3.8, 4) is 0 Å². The van der Waals surface area contributed by atoms with Crippen molar-refractivity contribution >= 4 is 98.5 Å². The van der Waals surface area contributed by atoms with Crippen LogP contribution in [0.3, 0.4) is 0 Å². The predicted octanol–water partition coefficient (Wildman–Crippen LogP) is -0.0210. The fourth-order valence-electron chi connectivity index (χ4n) is 10.3. The summed E-state index contributed by atoms with van der Waals surface area (Å²) in [5.41, 5.74) is -0.475. The van der Waals surface area contributed by atoms with Crippen molar-refractivity contribution in [1.29, 1.82) is 0 Å². The van der Waals surface area contributed by atoms with Crippen LogP contribution < -0.4 is 16.0 Å². The van der Waals surface area contributed by atoms with E-state index in [2.05, 4.69) is 28.2 Å². The Morgan fingerprint density at radius 3 is 1.04 bits per heavy atom. The Hall–Kier alpha value is -1.73. The molecular weight excluding hydrogens is 1600 g/mol.